The minimum absolute atomic E-state index is 0.183. The van der Waals surface area contributed by atoms with Crippen LogP contribution in [0.2, 0.25) is 0 Å². The third-order valence-corrected chi connectivity index (χ3v) is 3.30. The Labute approximate surface area is 104 Å². The quantitative estimate of drug-likeness (QED) is 0.880. The van der Waals surface area contributed by atoms with Gasteiger partial charge in [-0.05, 0) is 55.6 Å². The molecule has 0 unspecified atom stereocenters. The van der Waals surface area contributed by atoms with Crippen molar-refractivity contribution in [3.63, 3.8) is 0 Å². The SMILES string of the molecule is COc1cc(C2CCNCC2)cc(C(F)(F)F)c1. The van der Waals surface area contributed by atoms with E-state index < -0.39 is 11.7 Å². The fourth-order valence-electron chi connectivity index (χ4n) is 2.29. The fourth-order valence-corrected chi connectivity index (χ4v) is 2.29. The van der Waals surface area contributed by atoms with Gasteiger partial charge in [0, 0.05) is 0 Å². The van der Waals surface area contributed by atoms with Crippen molar-refractivity contribution in [3.8, 4) is 5.75 Å². The molecule has 0 amide bonds. The molecule has 1 fully saturated rings. The van der Waals surface area contributed by atoms with Gasteiger partial charge in [-0.1, -0.05) is 0 Å². The molecular formula is C13H16F3NO. The molecule has 0 spiro atoms. The molecule has 0 saturated carbocycles. The molecule has 0 atom stereocenters. The van der Waals surface area contributed by atoms with E-state index in [-0.39, 0.29) is 11.7 Å². The van der Waals surface area contributed by atoms with Gasteiger partial charge in [-0.3, -0.25) is 0 Å². The van der Waals surface area contributed by atoms with Gasteiger partial charge in [0.15, 0.2) is 0 Å². The van der Waals surface area contributed by atoms with Crippen LogP contribution in [0.25, 0.3) is 0 Å². The van der Waals surface area contributed by atoms with Crippen molar-refractivity contribution in [3.05, 3.63) is 29.3 Å². The number of ether oxygens (including phenoxy) is 1. The Bertz CT molecular complexity index is 411. The van der Waals surface area contributed by atoms with E-state index in [1.807, 2.05) is 0 Å². The Morgan fingerprint density at radius 2 is 1.83 bits per heavy atom. The van der Waals surface area contributed by atoms with Crippen molar-refractivity contribution in [2.75, 3.05) is 20.2 Å². The minimum Gasteiger partial charge on any atom is -0.497 e. The largest absolute Gasteiger partial charge is 0.497 e. The summed E-state index contributed by atoms with van der Waals surface area (Å²) in [5.41, 5.74) is 0.0959. The average molecular weight is 259 g/mol. The van der Waals surface area contributed by atoms with Gasteiger partial charge in [-0.2, -0.15) is 13.2 Å². The Morgan fingerprint density at radius 1 is 1.17 bits per heavy atom. The number of alkyl halides is 3. The first-order chi connectivity index (χ1) is 8.50. The molecule has 1 saturated heterocycles. The van der Waals surface area contributed by atoms with E-state index >= 15 is 0 Å². The van der Waals surface area contributed by atoms with Crippen molar-refractivity contribution >= 4 is 0 Å². The first kappa shape index (κ1) is 13.2. The predicted molar refractivity (Wildman–Crippen MR) is 62.8 cm³/mol. The van der Waals surface area contributed by atoms with E-state index in [1.165, 1.54) is 13.2 Å². The first-order valence-electron chi connectivity index (χ1n) is 5.97. The summed E-state index contributed by atoms with van der Waals surface area (Å²) in [6, 6.07) is 4.01. The summed E-state index contributed by atoms with van der Waals surface area (Å²) in [6.07, 6.45) is -2.59. The standard InChI is InChI=1S/C13H16F3NO/c1-18-12-7-10(9-2-4-17-5-3-9)6-11(8-12)13(14,15)16/h6-9,17H,2-5H2,1H3. The molecule has 0 radical (unpaired) electrons. The number of methoxy groups -OCH3 is 1. The summed E-state index contributed by atoms with van der Waals surface area (Å²) >= 11 is 0. The van der Waals surface area contributed by atoms with E-state index in [0.717, 1.165) is 37.6 Å². The number of rotatable bonds is 2. The van der Waals surface area contributed by atoms with Crippen LogP contribution in [0.15, 0.2) is 18.2 Å². The zero-order valence-electron chi connectivity index (χ0n) is 10.2. The average Bonchev–Trinajstić information content (AvgIpc) is 2.38. The monoisotopic (exact) mass is 259 g/mol. The van der Waals surface area contributed by atoms with Gasteiger partial charge in [0.2, 0.25) is 0 Å². The molecule has 1 heterocycles. The van der Waals surface area contributed by atoms with Crippen molar-refractivity contribution < 1.29 is 17.9 Å². The van der Waals surface area contributed by atoms with Gasteiger partial charge in [0.25, 0.3) is 0 Å². The molecule has 1 aliphatic rings. The third kappa shape index (κ3) is 2.96. The molecule has 2 rings (SSSR count). The number of halogens is 3. The number of nitrogens with one attached hydrogen (secondary N) is 1. The lowest BCUT2D eigenvalue weighted by Crippen LogP contribution is -2.26. The second-order valence-corrected chi connectivity index (χ2v) is 4.52. The summed E-state index contributed by atoms with van der Waals surface area (Å²) in [7, 11) is 1.39. The highest BCUT2D eigenvalue weighted by Crippen LogP contribution is 2.36. The lowest BCUT2D eigenvalue weighted by atomic mass is 9.89. The van der Waals surface area contributed by atoms with Crippen molar-refractivity contribution in [1.82, 2.24) is 5.32 Å². The molecule has 0 bridgehead atoms. The van der Waals surface area contributed by atoms with Crippen LogP contribution in [-0.4, -0.2) is 20.2 Å². The van der Waals surface area contributed by atoms with Gasteiger partial charge >= 0.3 is 6.18 Å². The van der Waals surface area contributed by atoms with Gasteiger partial charge in [-0.15, -0.1) is 0 Å². The molecule has 1 aromatic rings. The smallest absolute Gasteiger partial charge is 0.416 e. The van der Waals surface area contributed by atoms with Gasteiger partial charge in [-0.25, -0.2) is 0 Å². The Hall–Kier alpha value is -1.23. The Balaban J connectivity index is 2.34. The molecule has 1 aromatic carbocycles. The normalized spacial score (nSPS) is 17.8. The maximum Gasteiger partial charge on any atom is 0.416 e. The van der Waals surface area contributed by atoms with E-state index in [0.29, 0.717) is 0 Å². The number of hydrogen-bond donors (Lipinski definition) is 1. The van der Waals surface area contributed by atoms with Gasteiger partial charge < -0.3 is 10.1 Å². The number of piperidine rings is 1. The molecule has 5 heteroatoms. The van der Waals surface area contributed by atoms with Crippen molar-refractivity contribution in [2.45, 2.75) is 24.9 Å². The maximum atomic E-state index is 12.8. The highest BCUT2D eigenvalue weighted by molar-refractivity contribution is 5.38. The molecule has 1 aliphatic heterocycles. The molecule has 0 aliphatic carbocycles. The molecule has 1 N–H and O–H groups in total. The number of hydrogen-bond acceptors (Lipinski definition) is 2. The fraction of sp³-hybridized carbons (Fsp3) is 0.538. The highest BCUT2D eigenvalue weighted by Gasteiger charge is 2.32. The van der Waals surface area contributed by atoms with Gasteiger partial charge in [0.05, 0.1) is 12.7 Å². The second kappa shape index (κ2) is 5.18. The Morgan fingerprint density at radius 3 is 2.39 bits per heavy atom. The van der Waals surface area contributed by atoms with E-state index in [9.17, 15) is 13.2 Å². The minimum atomic E-state index is -4.32. The lowest BCUT2D eigenvalue weighted by Gasteiger charge is -2.24. The topological polar surface area (TPSA) is 21.3 Å². The third-order valence-electron chi connectivity index (χ3n) is 3.30. The molecule has 2 nitrogen and oxygen atoms in total. The summed E-state index contributed by atoms with van der Waals surface area (Å²) in [4.78, 5) is 0. The van der Waals surface area contributed by atoms with Crippen LogP contribution in [-0.2, 0) is 6.18 Å². The summed E-state index contributed by atoms with van der Waals surface area (Å²) in [5.74, 6) is 0.459. The summed E-state index contributed by atoms with van der Waals surface area (Å²) < 4.78 is 43.3. The van der Waals surface area contributed by atoms with Gasteiger partial charge in [0.1, 0.15) is 5.75 Å². The molecular weight excluding hydrogens is 243 g/mol. The van der Waals surface area contributed by atoms with Crippen LogP contribution >= 0.6 is 0 Å². The lowest BCUT2D eigenvalue weighted by molar-refractivity contribution is -0.137. The van der Waals surface area contributed by atoms with E-state index in [4.69, 9.17) is 4.74 Å². The first-order valence-corrected chi connectivity index (χ1v) is 5.97. The zero-order chi connectivity index (χ0) is 13.2. The highest BCUT2D eigenvalue weighted by atomic mass is 19.4. The summed E-state index contributed by atoms with van der Waals surface area (Å²) in [6.45, 7) is 1.70. The van der Waals surface area contributed by atoms with Crippen LogP contribution in [0.4, 0.5) is 13.2 Å². The predicted octanol–water partition coefficient (Wildman–Crippen LogP) is 3.18. The second-order valence-electron chi connectivity index (χ2n) is 4.52. The van der Waals surface area contributed by atoms with Crippen LogP contribution in [0.5, 0.6) is 5.75 Å². The Kier molecular flexibility index (Phi) is 3.80. The maximum absolute atomic E-state index is 12.8. The zero-order valence-corrected chi connectivity index (χ0v) is 10.2. The number of benzene rings is 1. The van der Waals surface area contributed by atoms with Crippen LogP contribution < -0.4 is 10.1 Å². The van der Waals surface area contributed by atoms with E-state index in [2.05, 4.69) is 5.32 Å². The van der Waals surface area contributed by atoms with Crippen LogP contribution in [0, 0.1) is 0 Å². The molecule has 0 aromatic heterocycles. The van der Waals surface area contributed by atoms with Crippen molar-refractivity contribution in [1.29, 1.82) is 0 Å². The summed E-state index contributed by atoms with van der Waals surface area (Å²) in [5, 5.41) is 3.20. The van der Waals surface area contributed by atoms with Crippen molar-refractivity contribution in [2.24, 2.45) is 0 Å². The molecule has 100 valence electrons. The van der Waals surface area contributed by atoms with E-state index in [1.54, 1.807) is 6.07 Å². The van der Waals surface area contributed by atoms with Crippen LogP contribution in [0.3, 0.4) is 0 Å². The molecule has 18 heavy (non-hydrogen) atoms. The van der Waals surface area contributed by atoms with Crippen LogP contribution in [0.1, 0.15) is 29.9 Å².